The van der Waals surface area contributed by atoms with Crippen LogP contribution in [0.5, 0.6) is 0 Å². The number of nitrogens with zero attached hydrogens (tertiary/aromatic N) is 1. The van der Waals surface area contributed by atoms with E-state index in [-0.39, 0.29) is 5.60 Å². The highest BCUT2D eigenvalue weighted by molar-refractivity contribution is 5.15. The first-order chi connectivity index (χ1) is 7.53. The predicted octanol–water partition coefficient (Wildman–Crippen LogP) is 2.44. The van der Waals surface area contributed by atoms with Gasteiger partial charge in [0.15, 0.2) is 12.2 Å². The van der Waals surface area contributed by atoms with Crippen molar-refractivity contribution in [1.29, 1.82) is 0 Å². The fraction of sp³-hybridized carbons (Fsp3) is 0.750. The van der Waals surface area contributed by atoms with Crippen molar-refractivity contribution >= 4 is 0 Å². The average Bonchev–Trinajstić information content (AvgIpc) is 2.74. The van der Waals surface area contributed by atoms with Gasteiger partial charge >= 0.3 is 0 Å². The van der Waals surface area contributed by atoms with Crippen molar-refractivity contribution in [3.05, 3.63) is 17.8 Å². The van der Waals surface area contributed by atoms with Crippen molar-refractivity contribution in [3.63, 3.8) is 0 Å². The van der Waals surface area contributed by atoms with Crippen molar-refractivity contribution in [1.82, 2.24) is 10.3 Å². The fourth-order valence-corrected chi connectivity index (χ4v) is 1.52. The van der Waals surface area contributed by atoms with Gasteiger partial charge in [-0.25, -0.2) is 4.98 Å². The molecule has 1 heterocycles. The average molecular weight is 226 g/mol. The molecule has 0 aromatic carbocycles. The topological polar surface area (TPSA) is 47.3 Å². The van der Waals surface area contributed by atoms with Crippen LogP contribution in [0.4, 0.5) is 0 Å². The minimum Gasteiger partial charge on any atom is -0.445 e. The van der Waals surface area contributed by atoms with Gasteiger partial charge in [-0.05, 0) is 13.3 Å². The Morgan fingerprint density at radius 1 is 1.56 bits per heavy atom. The molecular weight excluding hydrogens is 204 g/mol. The maximum Gasteiger partial charge on any atom is 0.181 e. The third-order valence-corrected chi connectivity index (χ3v) is 2.92. The van der Waals surface area contributed by atoms with Crippen LogP contribution in [-0.2, 0) is 16.9 Å². The normalized spacial score (nSPS) is 15.4. The third kappa shape index (κ3) is 2.83. The van der Waals surface area contributed by atoms with Gasteiger partial charge in [0, 0.05) is 19.7 Å². The summed E-state index contributed by atoms with van der Waals surface area (Å²) in [4.78, 5) is 4.24. The summed E-state index contributed by atoms with van der Waals surface area (Å²) in [6, 6.07) is 0.431. The molecule has 0 amide bonds. The second kappa shape index (κ2) is 5.46. The van der Waals surface area contributed by atoms with Crippen molar-refractivity contribution in [2.24, 2.45) is 0 Å². The third-order valence-electron chi connectivity index (χ3n) is 2.92. The van der Waals surface area contributed by atoms with Gasteiger partial charge < -0.3 is 14.5 Å². The van der Waals surface area contributed by atoms with Crippen LogP contribution in [0.25, 0.3) is 0 Å². The van der Waals surface area contributed by atoms with Crippen molar-refractivity contribution in [3.8, 4) is 0 Å². The minimum absolute atomic E-state index is 0.384. The van der Waals surface area contributed by atoms with Crippen LogP contribution in [0.15, 0.2) is 10.8 Å². The van der Waals surface area contributed by atoms with Crippen LogP contribution in [-0.4, -0.2) is 18.1 Å². The molecule has 0 saturated heterocycles. The van der Waals surface area contributed by atoms with Crippen LogP contribution in [0.3, 0.4) is 0 Å². The SMILES string of the molecule is CCC(C)(OC)c1ocnc1CNC(C)C. The number of ether oxygens (including phenoxy) is 1. The smallest absolute Gasteiger partial charge is 0.181 e. The quantitative estimate of drug-likeness (QED) is 0.809. The summed E-state index contributed by atoms with van der Waals surface area (Å²) >= 11 is 0. The number of oxazole rings is 1. The van der Waals surface area contributed by atoms with E-state index >= 15 is 0 Å². The predicted molar refractivity (Wildman–Crippen MR) is 63.1 cm³/mol. The van der Waals surface area contributed by atoms with Gasteiger partial charge in [0.1, 0.15) is 5.60 Å². The summed E-state index contributed by atoms with van der Waals surface area (Å²) in [5, 5.41) is 3.33. The van der Waals surface area contributed by atoms with Crippen LogP contribution < -0.4 is 5.32 Å². The van der Waals surface area contributed by atoms with E-state index in [4.69, 9.17) is 9.15 Å². The molecule has 0 saturated carbocycles. The monoisotopic (exact) mass is 226 g/mol. The summed E-state index contributed by atoms with van der Waals surface area (Å²) < 4.78 is 11.0. The molecule has 1 N–H and O–H groups in total. The second-order valence-electron chi connectivity index (χ2n) is 4.45. The van der Waals surface area contributed by atoms with Gasteiger partial charge in [-0.15, -0.1) is 0 Å². The van der Waals surface area contributed by atoms with E-state index in [1.54, 1.807) is 7.11 Å². The van der Waals surface area contributed by atoms with Gasteiger partial charge in [-0.1, -0.05) is 20.8 Å². The summed E-state index contributed by atoms with van der Waals surface area (Å²) in [6.45, 7) is 9.02. The number of hydrogen-bond donors (Lipinski definition) is 1. The summed E-state index contributed by atoms with van der Waals surface area (Å²) in [7, 11) is 1.70. The van der Waals surface area contributed by atoms with E-state index in [0.29, 0.717) is 12.6 Å². The molecule has 1 rings (SSSR count). The second-order valence-corrected chi connectivity index (χ2v) is 4.45. The Labute approximate surface area is 97.4 Å². The molecule has 0 aliphatic rings. The highest BCUT2D eigenvalue weighted by Gasteiger charge is 2.31. The summed E-state index contributed by atoms with van der Waals surface area (Å²) in [5.41, 5.74) is 0.546. The molecule has 92 valence electrons. The Kier molecular flexibility index (Phi) is 4.50. The number of aromatic nitrogens is 1. The molecule has 0 radical (unpaired) electrons. The maximum atomic E-state index is 5.52. The first-order valence-electron chi connectivity index (χ1n) is 5.75. The Hall–Kier alpha value is -0.870. The zero-order chi connectivity index (χ0) is 12.2. The molecule has 0 aliphatic heterocycles. The van der Waals surface area contributed by atoms with E-state index in [2.05, 4.69) is 31.1 Å². The Balaban J connectivity index is 2.84. The molecule has 1 aromatic heterocycles. The number of methoxy groups -OCH3 is 1. The molecule has 0 aliphatic carbocycles. The lowest BCUT2D eigenvalue weighted by atomic mass is 9.98. The summed E-state index contributed by atoms with van der Waals surface area (Å²) in [5.74, 6) is 0.825. The fourth-order valence-electron chi connectivity index (χ4n) is 1.52. The van der Waals surface area contributed by atoms with Crippen LogP contribution in [0.2, 0.25) is 0 Å². The number of nitrogens with one attached hydrogen (secondary N) is 1. The molecule has 0 bridgehead atoms. The Morgan fingerprint density at radius 3 is 2.75 bits per heavy atom. The Morgan fingerprint density at radius 2 is 2.25 bits per heavy atom. The van der Waals surface area contributed by atoms with Crippen molar-refractivity contribution in [2.45, 2.75) is 52.3 Å². The van der Waals surface area contributed by atoms with E-state index in [0.717, 1.165) is 17.9 Å². The molecule has 4 nitrogen and oxygen atoms in total. The molecule has 1 unspecified atom stereocenters. The summed E-state index contributed by atoms with van der Waals surface area (Å²) in [6.07, 6.45) is 2.34. The number of rotatable bonds is 6. The molecule has 1 aromatic rings. The molecule has 0 spiro atoms. The van der Waals surface area contributed by atoms with E-state index < -0.39 is 0 Å². The molecule has 16 heavy (non-hydrogen) atoms. The highest BCUT2D eigenvalue weighted by Crippen LogP contribution is 2.30. The standard InChI is InChI=1S/C12H22N2O2/c1-6-12(4,15-5)11-10(14-8-16-11)7-13-9(2)3/h8-9,13H,6-7H2,1-5H3. The maximum absolute atomic E-state index is 5.52. The molecule has 4 heteroatoms. The first kappa shape index (κ1) is 13.2. The zero-order valence-corrected chi connectivity index (χ0v) is 10.8. The van der Waals surface area contributed by atoms with E-state index in [9.17, 15) is 0 Å². The van der Waals surface area contributed by atoms with Crippen molar-refractivity contribution in [2.75, 3.05) is 7.11 Å². The van der Waals surface area contributed by atoms with E-state index in [1.165, 1.54) is 6.39 Å². The van der Waals surface area contributed by atoms with Gasteiger partial charge in [-0.3, -0.25) is 0 Å². The molecule has 1 atom stereocenters. The van der Waals surface area contributed by atoms with Gasteiger partial charge in [0.25, 0.3) is 0 Å². The minimum atomic E-state index is -0.384. The van der Waals surface area contributed by atoms with Crippen molar-refractivity contribution < 1.29 is 9.15 Å². The zero-order valence-electron chi connectivity index (χ0n) is 10.8. The van der Waals surface area contributed by atoms with Gasteiger partial charge in [-0.2, -0.15) is 0 Å². The lowest BCUT2D eigenvalue weighted by Crippen LogP contribution is -2.27. The van der Waals surface area contributed by atoms with Crippen LogP contribution in [0, 0.1) is 0 Å². The van der Waals surface area contributed by atoms with Crippen LogP contribution in [0.1, 0.15) is 45.6 Å². The van der Waals surface area contributed by atoms with Crippen LogP contribution >= 0.6 is 0 Å². The lowest BCUT2D eigenvalue weighted by Gasteiger charge is -2.25. The van der Waals surface area contributed by atoms with Gasteiger partial charge in [0.05, 0.1) is 5.69 Å². The Bertz CT molecular complexity index is 317. The highest BCUT2D eigenvalue weighted by atomic mass is 16.5. The lowest BCUT2D eigenvalue weighted by molar-refractivity contribution is -0.0199. The van der Waals surface area contributed by atoms with E-state index in [1.807, 2.05) is 6.92 Å². The number of hydrogen-bond acceptors (Lipinski definition) is 4. The van der Waals surface area contributed by atoms with Gasteiger partial charge in [0.2, 0.25) is 0 Å². The molecular formula is C12H22N2O2. The first-order valence-corrected chi connectivity index (χ1v) is 5.75. The molecule has 0 fully saturated rings. The largest absolute Gasteiger partial charge is 0.445 e.